The first kappa shape index (κ1) is 33.7. The summed E-state index contributed by atoms with van der Waals surface area (Å²) in [4.78, 5) is 53.9. The normalized spacial score (nSPS) is 14.5. The Labute approximate surface area is 253 Å². The highest BCUT2D eigenvalue weighted by Crippen LogP contribution is 2.34. The SMILES string of the molecule is CC(=O)NC1(c2ccc(F)cc2)CCN(Cc2cnc(-c3ccccc3C)nc2)CC1.O=C(O)CC(O)(CC(=O)O)C(=O)O. The van der Waals surface area contributed by atoms with Gasteiger partial charge in [-0.15, -0.1) is 0 Å². The number of likely N-dealkylation sites (tertiary alicyclic amines) is 1. The van der Waals surface area contributed by atoms with Gasteiger partial charge in [0.15, 0.2) is 11.4 Å². The van der Waals surface area contributed by atoms with Crippen molar-refractivity contribution in [1.82, 2.24) is 20.2 Å². The maximum absolute atomic E-state index is 13.4. The summed E-state index contributed by atoms with van der Waals surface area (Å²) in [6, 6.07) is 14.6. The number of carboxylic acid groups (broad SMARTS) is 3. The number of nitrogens with one attached hydrogen (secondary N) is 1. The summed E-state index contributed by atoms with van der Waals surface area (Å²) in [5.74, 6) is -4.62. The maximum atomic E-state index is 13.4. The number of nitrogens with zero attached hydrogens (tertiary/aromatic N) is 3. The molecular formula is C31H35FN4O8. The van der Waals surface area contributed by atoms with Gasteiger partial charge < -0.3 is 25.7 Å². The second-order valence-corrected chi connectivity index (χ2v) is 10.8. The van der Waals surface area contributed by atoms with E-state index in [0.717, 1.165) is 60.6 Å². The van der Waals surface area contributed by atoms with Gasteiger partial charge in [0.05, 0.1) is 18.4 Å². The molecule has 1 fully saturated rings. The second kappa shape index (κ2) is 14.6. The number of benzene rings is 2. The summed E-state index contributed by atoms with van der Waals surface area (Å²) < 4.78 is 13.4. The number of rotatable bonds is 10. The topological polar surface area (TPSA) is 190 Å². The molecule has 1 aromatic heterocycles. The van der Waals surface area contributed by atoms with Gasteiger partial charge in [-0.3, -0.25) is 19.3 Å². The van der Waals surface area contributed by atoms with Gasteiger partial charge in [-0.2, -0.15) is 0 Å². The molecule has 2 heterocycles. The fourth-order valence-electron chi connectivity index (χ4n) is 5.06. The average molecular weight is 611 g/mol. The number of aromatic nitrogens is 2. The zero-order valence-corrected chi connectivity index (χ0v) is 24.4. The highest BCUT2D eigenvalue weighted by Gasteiger charge is 2.41. The number of hydrogen-bond donors (Lipinski definition) is 5. The molecule has 5 N–H and O–H groups in total. The number of carbonyl (C=O) groups is 4. The van der Waals surface area contributed by atoms with Crippen LogP contribution < -0.4 is 5.32 Å². The monoisotopic (exact) mass is 610 g/mol. The molecule has 0 aliphatic carbocycles. The van der Waals surface area contributed by atoms with Gasteiger partial charge in [-0.1, -0.05) is 36.4 Å². The van der Waals surface area contributed by atoms with E-state index in [1.54, 1.807) is 12.1 Å². The summed E-state index contributed by atoms with van der Waals surface area (Å²) in [5.41, 5.74) is 1.02. The van der Waals surface area contributed by atoms with Crippen molar-refractivity contribution in [3.05, 3.63) is 83.4 Å². The van der Waals surface area contributed by atoms with Crippen molar-refractivity contribution in [3.8, 4) is 11.4 Å². The smallest absolute Gasteiger partial charge is 0.336 e. The third-order valence-corrected chi connectivity index (χ3v) is 7.30. The number of aliphatic hydroxyl groups is 1. The third kappa shape index (κ3) is 9.12. The Morgan fingerprint density at radius 3 is 1.95 bits per heavy atom. The molecule has 0 spiro atoms. The van der Waals surface area contributed by atoms with Crippen molar-refractivity contribution in [2.24, 2.45) is 0 Å². The molecule has 0 radical (unpaired) electrons. The molecule has 0 unspecified atom stereocenters. The predicted molar refractivity (Wildman–Crippen MR) is 156 cm³/mol. The van der Waals surface area contributed by atoms with Gasteiger partial charge in [0.1, 0.15) is 5.82 Å². The number of carbonyl (C=O) groups excluding carboxylic acids is 1. The molecule has 1 aliphatic rings. The van der Waals surface area contributed by atoms with E-state index in [9.17, 15) is 23.6 Å². The van der Waals surface area contributed by atoms with E-state index in [1.165, 1.54) is 19.1 Å². The van der Waals surface area contributed by atoms with Crippen LogP contribution in [0.1, 0.15) is 49.3 Å². The lowest BCUT2D eigenvalue weighted by molar-refractivity contribution is -0.170. The van der Waals surface area contributed by atoms with Crippen LogP contribution in [0.2, 0.25) is 0 Å². The van der Waals surface area contributed by atoms with E-state index >= 15 is 0 Å². The molecule has 1 aliphatic heterocycles. The molecule has 1 saturated heterocycles. The molecule has 12 nitrogen and oxygen atoms in total. The van der Waals surface area contributed by atoms with Crippen molar-refractivity contribution in [3.63, 3.8) is 0 Å². The molecule has 1 amide bonds. The fraction of sp³-hybridized carbons (Fsp3) is 0.355. The molecule has 3 aromatic rings. The molecule has 234 valence electrons. The van der Waals surface area contributed by atoms with Crippen LogP contribution in [0.15, 0.2) is 60.9 Å². The molecule has 0 atom stereocenters. The van der Waals surface area contributed by atoms with Crippen LogP contribution in [0, 0.1) is 12.7 Å². The van der Waals surface area contributed by atoms with Crippen molar-refractivity contribution in [2.75, 3.05) is 13.1 Å². The zero-order chi connectivity index (χ0) is 32.5. The van der Waals surface area contributed by atoms with Gasteiger partial charge in [-0.05, 0) is 43.0 Å². The number of halogens is 1. The van der Waals surface area contributed by atoms with Crippen LogP contribution in [0.3, 0.4) is 0 Å². The van der Waals surface area contributed by atoms with E-state index < -0.39 is 41.9 Å². The van der Waals surface area contributed by atoms with Crippen LogP contribution in [-0.2, 0) is 31.3 Å². The third-order valence-electron chi connectivity index (χ3n) is 7.30. The first-order valence-electron chi connectivity index (χ1n) is 13.8. The number of piperidine rings is 1. The highest BCUT2D eigenvalue weighted by molar-refractivity contribution is 5.88. The van der Waals surface area contributed by atoms with Gasteiger partial charge in [0.2, 0.25) is 5.91 Å². The summed E-state index contributed by atoms with van der Waals surface area (Å²) in [6.45, 7) is 5.98. The van der Waals surface area contributed by atoms with Crippen LogP contribution in [0.5, 0.6) is 0 Å². The Morgan fingerprint density at radius 2 is 1.48 bits per heavy atom. The Balaban J connectivity index is 0.000000345. The quantitative estimate of drug-likeness (QED) is 0.227. The van der Waals surface area contributed by atoms with Crippen molar-refractivity contribution in [2.45, 2.75) is 57.2 Å². The second-order valence-electron chi connectivity index (χ2n) is 10.8. The molecular weight excluding hydrogens is 575 g/mol. The van der Waals surface area contributed by atoms with Crippen molar-refractivity contribution in [1.29, 1.82) is 0 Å². The molecule has 13 heteroatoms. The molecule has 2 aromatic carbocycles. The first-order chi connectivity index (χ1) is 20.7. The summed E-state index contributed by atoms with van der Waals surface area (Å²) in [7, 11) is 0. The van der Waals surface area contributed by atoms with Crippen LogP contribution in [-0.4, -0.2) is 77.8 Å². The molecule has 0 saturated carbocycles. The summed E-state index contributed by atoms with van der Waals surface area (Å²) >= 11 is 0. The summed E-state index contributed by atoms with van der Waals surface area (Å²) in [6.07, 6.45) is 3.03. The highest BCUT2D eigenvalue weighted by atomic mass is 19.1. The maximum Gasteiger partial charge on any atom is 0.336 e. The van der Waals surface area contributed by atoms with Crippen molar-refractivity contribution < 1.29 is 44.0 Å². The fourth-order valence-corrected chi connectivity index (χ4v) is 5.06. The largest absolute Gasteiger partial charge is 0.481 e. The lowest BCUT2D eigenvalue weighted by Gasteiger charge is -2.42. The van der Waals surface area contributed by atoms with Crippen molar-refractivity contribution >= 4 is 23.8 Å². The first-order valence-corrected chi connectivity index (χ1v) is 13.8. The van der Waals surface area contributed by atoms with E-state index in [0.29, 0.717) is 0 Å². The molecule has 0 bridgehead atoms. The van der Waals surface area contributed by atoms with Gasteiger partial charge in [-0.25, -0.2) is 19.2 Å². The number of amides is 1. The lowest BCUT2D eigenvalue weighted by Crippen LogP contribution is -2.52. The minimum Gasteiger partial charge on any atom is -0.481 e. The lowest BCUT2D eigenvalue weighted by atomic mass is 9.80. The van der Waals surface area contributed by atoms with Crippen LogP contribution >= 0.6 is 0 Å². The molecule has 44 heavy (non-hydrogen) atoms. The zero-order valence-electron chi connectivity index (χ0n) is 24.4. The van der Waals surface area contributed by atoms with Gasteiger partial charge >= 0.3 is 17.9 Å². The van der Waals surface area contributed by atoms with Gasteiger partial charge in [0, 0.05) is 50.1 Å². The Kier molecular flexibility index (Phi) is 11.2. The standard InChI is InChI=1S/C25H27FN4O.C6H8O7/c1-18-5-3-4-6-23(18)24-27-15-20(16-28-24)17-30-13-11-25(12-14-30,29-19(2)31)21-7-9-22(26)10-8-21;7-3(8)1-6(13,5(11)12)2-4(9)10/h3-10,15-16H,11-14,17H2,1-2H3,(H,29,31);13H,1-2H2,(H,7,8)(H,9,10)(H,11,12). The van der Waals surface area contributed by atoms with Gasteiger partial charge in [0.25, 0.3) is 0 Å². The molecule has 4 rings (SSSR count). The predicted octanol–water partition coefficient (Wildman–Crippen LogP) is 2.97. The minimum atomic E-state index is -2.74. The van der Waals surface area contributed by atoms with E-state index in [1.807, 2.05) is 30.6 Å². The Hall–Kier alpha value is -4.75. The average Bonchev–Trinajstić information content (AvgIpc) is 2.94. The van der Waals surface area contributed by atoms with Crippen LogP contribution in [0.25, 0.3) is 11.4 Å². The van der Waals surface area contributed by atoms with E-state index in [2.05, 4.69) is 33.2 Å². The Bertz CT molecular complexity index is 1460. The number of hydrogen-bond acceptors (Lipinski definition) is 8. The number of aliphatic carboxylic acids is 3. The number of carboxylic acids is 3. The van der Waals surface area contributed by atoms with E-state index in [4.69, 9.17) is 20.4 Å². The summed E-state index contributed by atoms with van der Waals surface area (Å²) in [5, 5.41) is 36.9. The number of aryl methyl sites for hydroxylation is 1. The van der Waals surface area contributed by atoms with E-state index in [-0.39, 0.29) is 11.7 Å². The van der Waals surface area contributed by atoms with Crippen LogP contribution in [0.4, 0.5) is 4.39 Å². The minimum absolute atomic E-state index is 0.0713. The Morgan fingerprint density at radius 1 is 0.932 bits per heavy atom.